The highest BCUT2D eigenvalue weighted by Gasteiger charge is 2.40. The minimum atomic E-state index is -0.989. The molecule has 0 aliphatic carbocycles. The molecule has 0 bridgehead atoms. The molecule has 2 saturated heterocycles. The zero-order valence-corrected chi connectivity index (χ0v) is 9.96. The Morgan fingerprint density at radius 2 is 2.35 bits per heavy atom. The number of cyclic esters (lactones) is 1. The minimum Gasteiger partial charge on any atom is -0.480 e. The topological polar surface area (TPSA) is 70.1 Å². The first-order valence-electron chi connectivity index (χ1n) is 6.03. The number of carbonyl (C=O) groups excluding carboxylic acids is 1. The molecule has 0 radical (unpaired) electrons. The third-order valence-electron chi connectivity index (χ3n) is 3.57. The number of carboxylic acids is 1. The van der Waals surface area contributed by atoms with Crippen LogP contribution in [0.25, 0.3) is 0 Å². The van der Waals surface area contributed by atoms with Gasteiger partial charge in [-0.25, -0.2) is 9.59 Å². The molecule has 0 aromatic rings. The van der Waals surface area contributed by atoms with Gasteiger partial charge in [0, 0.05) is 12.6 Å². The predicted octanol–water partition coefficient (Wildman–Crippen LogP) is 0.376. The van der Waals surface area contributed by atoms with Gasteiger partial charge in [0.05, 0.1) is 0 Å². The molecule has 1 amide bonds. The number of amides is 1. The Kier molecular flexibility index (Phi) is 3.51. The van der Waals surface area contributed by atoms with Crippen molar-refractivity contribution in [2.24, 2.45) is 0 Å². The predicted molar refractivity (Wildman–Crippen MR) is 59.7 cm³/mol. The molecule has 2 unspecified atom stereocenters. The summed E-state index contributed by atoms with van der Waals surface area (Å²) < 4.78 is 4.81. The summed E-state index contributed by atoms with van der Waals surface area (Å²) in [4.78, 5) is 26.1. The van der Waals surface area contributed by atoms with Gasteiger partial charge in [0.1, 0.15) is 6.61 Å². The van der Waals surface area contributed by atoms with Crippen molar-refractivity contribution in [3.63, 3.8) is 0 Å². The molecular weight excluding hydrogens is 224 g/mol. The molecule has 1 N–H and O–H groups in total. The SMILES string of the molecule is CCN1CCCC1CN1C(=O)OCC1C(=O)O. The number of hydrogen-bond acceptors (Lipinski definition) is 4. The molecule has 2 aliphatic heterocycles. The number of aliphatic carboxylic acids is 1. The fourth-order valence-corrected chi connectivity index (χ4v) is 2.60. The van der Waals surface area contributed by atoms with Gasteiger partial charge in [-0.3, -0.25) is 9.80 Å². The maximum absolute atomic E-state index is 11.5. The number of likely N-dealkylation sites (tertiary alicyclic amines) is 1. The molecule has 6 nitrogen and oxygen atoms in total. The van der Waals surface area contributed by atoms with Gasteiger partial charge in [0.15, 0.2) is 6.04 Å². The Morgan fingerprint density at radius 3 is 3.00 bits per heavy atom. The number of nitrogens with zero attached hydrogens (tertiary/aromatic N) is 2. The Morgan fingerprint density at radius 1 is 1.59 bits per heavy atom. The molecule has 17 heavy (non-hydrogen) atoms. The van der Waals surface area contributed by atoms with Crippen molar-refractivity contribution in [1.29, 1.82) is 0 Å². The summed E-state index contributed by atoms with van der Waals surface area (Å²) in [5.74, 6) is -0.989. The number of rotatable bonds is 4. The normalized spacial score (nSPS) is 29.7. The van der Waals surface area contributed by atoms with E-state index in [-0.39, 0.29) is 12.6 Å². The lowest BCUT2D eigenvalue weighted by atomic mass is 10.2. The molecule has 0 aromatic heterocycles. The Balaban J connectivity index is 2.00. The van der Waals surface area contributed by atoms with Crippen LogP contribution < -0.4 is 0 Å². The smallest absolute Gasteiger partial charge is 0.410 e. The quantitative estimate of drug-likeness (QED) is 0.771. The van der Waals surface area contributed by atoms with Crippen LogP contribution in [0.1, 0.15) is 19.8 Å². The van der Waals surface area contributed by atoms with Crippen LogP contribution in [0.3, 0.4) is 0 Å². The van der Waals surface area contributed by atoms with Crippen LogP contribution in [0.2, 0.25) is 0 Å². The van der Waals surface area contributed by atoms with Crippen LogP contribution in [0, 0.1) is 0 Å². The van der Waals surface area contributed by atoms with Gasteiger partial charge in [0.25, 0.3) is 0 Å². The number of carboxylic acid groups (broad SMARTS) is 1. The molecular formula is C11H18N2O4. The molecule has 0 spiro atoms. The van der Waals surface area contributed by atoms with Crippen LogP contribution in [0.5, 0.6) is 0 Å². The Labute approximate surface area is 100 Å². The molecule has 2 atom stereocenters. The molecule has 6 heteroatoms. The van der Waals surface area contributed by atoms with E-state index < -0.39 is 18.1 Å². The average molecular weight is 242 g/mol. The van der Waals surface area contributed by atoms with Gasteiger partial charge in [0.2, 0.25) is 0 Å². The number of carbonyl (C=O) groups is 2. The summed E-state index contributed by atoms with van der Waals surface area (Å²) in [6.45, 7) is 4.47. The fraction of sp³-hybridized carbons (Fsp3) is 0.818. The van der Waals surface area contributed by atoms with Crippen LogP contribution in [0.4, 0.5) is 4.79 Å². The first-order chi connectivity index (χ1) is 8.13. The van der Waals surface area contributed by atoms with Crippen molar-refractivity contribution in [3.05, 3.63) is 0 Å². The minimum absolute atomic E-state index is 0.0347. The van der Waals surface area contributed by atoms with E-state index in [2.05, 4.69) is 11.8 Å². The van der Waals surface area contributed by atoms with Crippen molar-refractivity contribution < 1.29 is 19.4 Å². The lowest BCUT2D eigenvalue weighted by Crippen LogP contribution is -2.46. The van der Waals surface area contributed by atoms with Crippen molar-refractivity contribution >= 4 is 12.1 Å². The number of likely N-dealkylation sites (N-methyl/N-ethyl adjacent to an activating group) is 1. The average Bonchev–Trinajstić information content (AvgIpc) is 2.87. The zero-order chi connectivity index (χ0) is 12.4. The molecule has 0 saturated carbocycles. The van der Waals surface area contributed by atoms with Gasteiger partial charge in [-0.2, -0.15) is 0 Å². The highest BCUT2D eigenvalue weighted by atomic mass is 16.6. The number of hydrogen-bond donors (Lipinski definition) is 1. The van der Waals surface area contributed by atoms with E-state index in [0.29, 0.717) is 6.54 Å². The second-order valence-electron chi connectivity index (χ2n) is 4.51. The first-order valence-corrected chi connectivity index (χ1v) is 6.03. The van der Waals surface area contributed by atoms with Crippen molar-refractivity contribution in [3.8, 4) is 0 Å². The van der Waals surface area contributed by atoms with Crippen LogP contribution in [-0.4, -0.2) is 65.3 Å². The van der Waals surface area contributed by atoms with E-state index in [1.54, 1.807) is 0 Å². The van der Waals surface area contributed by atoms with E-state index in [1.807, 2.05) is 0 Å². The highest BCUT2D eigenvalue weighted by Crippen LogP contribution is 2.21. The molecule has 2 heterocycles. The largest absolute Gasteiger partial charge is 0.480 e. The van der Waals surface area contributed by atoms with Crippen LogP contribution in [0.15, 0.2) is 0 Å². The monoisotopic (exact) mass is 242 g/mol. The second kappa shape index (κ2) is 4.91. The van der Waals surface area contributed by atoms with E-state index in [9.17, 15) is 9.59 Å². The third kappa shape index (κ3) is 2.36. The van der Waals surface area contributed by atoms with Crippen molar-refractivity contribution in [1.82, 2.24) is 9.80 Å². The summed E-state index contributed by atoms with van der Waals surface area (Å²) >= 11 is 0. The third-order valence-corrected chi connectivity index (χ3v) is 3.57. The summed E-state index contributed by atoms with van der Waals surface area (Å²) in [5, 5.41) is 9.01. The van der Waals surface area contributed by atoms with Crippen LogP contribution >= 0.6 is 0 Å². The summed E-state index contributed by atoms with van der Waals surface area (Å²) in [5.41, 5.74) is 0. The van der Waals surface area contributed by atoms with Gasteiger partial charge >= 0.3 is 12.1 Å². The van der Waals surface area contributed by atoms with E-state index in [1.165, 1.54) is 4.90 Å². The van der Waals surface area contributed by atoms with Crippen molar-refractivity contribution in [2.45, 2.75) is 31.8 Å². The number of ether oxygens (including phenoxy) is 1. The van der Waals surface area contributed by atoms with E-state index >= 15 is 0 Å². The van der Waals surface area contributed by atoms with E-state index in [0.717, 1.165) is 25.9 Å². The van der Waals surface area contributed by atoms with E-state index in [4.69, 9.17) is 9.84 Å². The van der Waals surface area contributed by atoms with Gasteiger partial charge in [-0.15, -0.1) is 0 Å². The zero-order valence-electron chi connectivity index (χ0n) is 9.96. The van der Waals surface area contributed by atoms with Gasteiger partial charge in [-0.1, -0.05) is 6.92 Å². The molecule has 0 aromatic carbocycles. The maximum Gasteiger partial charge on any atom is 0.410 e. The summed E-state index contributed by atoms with van der Waals surface area (Å²) in [6.07, 6.45) is 1.63. The first kappa shape index (κ1) is 12.2. The molecule has 96 valence electrons. The summed E-state index contributed by atoms with van der Waals surface area (Å²) in [6, 6.07) is -0.547. The maximum atomic E-state index is 11.5. The second-order valence-corrected chi connectivity index (χ2v) is 4.51. The highest BCUT2D eigenvalue weighted by molar-refractivity contribution is 5.82. The summed E-state index contributed by atoms with van der Waals surface area (Å²) in [7, 11) is 0. The van der Waals surface area contributed by atoms with Gasteiger partial charge < -0.3 is 9.84 Å². The Bertz CT molecular complexity index is 321. The van der Waals surface area contributed by atoms with Crippen LogP contribution in [-0.2, 0) is 9.53 Å². The molecule has 2 fully saturated rings. The lowest BCUT2D eigenvalue weighted by Gasteiger charge is -2.28. The lowest BCUT2D eigenvalue weighted by molar-refractivity contribution is -0.141. The standard InChI is InChI=1S/C11H18N2O4/c1-2-12-5-3-4-8(12)6-13-9(10(14)15)7-17-11(13)16/h8-9H,2-7H2,1H3,(H,14,15). The fourth-order valence-electron chi connectivity index (χ4n) is 2.60. The van der Waals surface area contributed by atoms with Gasteiger partial charge in [-0.05, 0) is 25.9 Å². The Hall–Kier alpha value is -1.30. The molecule has 2 aliphatic rings. The molecule has 2 rings (SSSR count). The van der Waals surface area contributed by atoms with Crippen molar-refractivity contribution in [2.75, 3.05) is 26.2 Å².